The molecule has 1 heterocycles. The van der Waals surface area contributed by atoms with Crippen molar-refractivity contribution in [1.29, 1.82) is 0 Å². The summed E-state index contributed by atoms with van der Waals surface area (Å²) in [5, 5.41) is 15.0. The normalized spacial score (nSPS) is 15.7. The molecule has 1 amide bonds. The van der Waals surface area contributed by atoms with Crippen LogP contribution in [-0.2, 0) is 14.8 Å². The van der Waals surface area contributed by atoms with Gasteiger partial charge in [0.1, 0.15) is 0 Å². The molecule has 3 rings (SSSR count). The van der Waals surface area contributed by atoms with Gasteiger partial charge in [-0.25, -0.2) is 13.8 Å². The van der Waals surface area contributed by atoms with E-state index in [4.69, 9.17) is 23.2 Å². The minimum Gasteiger partial charge on any atom is -0.505 e. The number of halogens is 2. The molecule has 1 aliphatic heterocycles. The molecule has 0 saturated heterocycles. The Hall–Kier alpha value is -2.55. The molecule has 1 aliphatic rings. The second-order valence-corrected chi connectivity index (χ2v) is 8.08. The maximum absolute atomic E-state index is 12.4. The van der Waals surface area contributed by atoms with Crippen molar-refractivity contribution in [2.75, 3.05) is 0 Å². The molecule has 0 spiro atoms. The van der Waals surface area contributed by atoms with Crippen LogP contribution < -0.4 is 10.1 Å². The van der Waals surface area contributed by atoms with Gasteiger partial charge in [-0.3, -0.25) is 9.52 Å². The van der Waals surface area contributed by atoms with Crippen molar-refractivity contribution in [3.05, 3.63) is 69.3 Å². The van der Waals surface area contributed by atoms with Crippen molar-refractivity contribution in [1.82, 2.24) is 10.1 Å². The number of carbonyl (C=O) groups excluding carboxylic acids is 1. The minimum absolute atomic E-state index is 0.0304. The fraction of sp³-hybridized carbons (Fsp3) is 0.0588. The highest BCUT2D eigenvalue weighted by Gasteiger charge is 2.32. The Morgan fingerprint density at radius 2 is 1.89 bits per heavy atom. The molecule has 3 N–H and O–H groups in total. The van der Waals surface area contributed by atoms with Crippen molar-refractivity contribution in [3.63, 3.8) is 0 Å². The number of aliphatic hydroxyl groups excluding tert-OH is 1. The van der Waals surface area contributed by atoms with E-state index in [0.717, 1.165) is 0 Å². The fourth-order valence-electron chi connectivity index (χ4n) is 2.46. The largest absolute Gasteiger partial charge is 0.505 e. The Kier molecular flexibility index (Phi) is 5.14. The molecule has 0 bridgehead atoms. The average molecular weight is 426 g/mol. The number of nitrogens with zero attached hydrogens (tertiary/aromatic N) is 1. The number of rotatable bonds is 3. The van der Waals surface area contributed by atoms with Crippen LogP contribution in [0, 0.1) is 0 Å². The first-order valence-corrected chi connectivity index (χ1v) is 9.80. The fourth-order valence-corrected chi connectivity index (χ4v) is 4.28. The highest BCUT2D eigenvalue weighted by Crippen LogP contribution is 2.28. The molecule has 0 aromatic heterocycles. The molecule has 2 aromatic carbocycles. The maximum atomic E-state index is 12.4. The SMILES string of the molecule is C/C(=N\NC(=O)C1=C(O)c2ccccc2S(=O)(=O)N1)c1ccc(Cl)cc1Cl. The summed E-state index contributed by atoms with van der Waals surface area (Å²) in [7, 11) is -3.98. The standard InChI is InChI=1S/C17H13Cl2N3O4S/c1-9(11-7-6-10(18)8-13(11)19)20-21-17(24)15-16(23)12-4-2-3-5-14(12)27(25,26)22-15/h2-8,22-23H,1H3,(H,21,24)/b20-9+. The topological polar surface area (TPSA) is 108 Å². The van der Waals surface area contributed by atoms with E-state index in [2.05, 4.69) is 15.2 Å². The molecule has 0 radical (unpaired) electrons. The van der Waals surface area contributed by atoms with Gasteiger partial charge in [0.2, 0.25) is 0 Å². The highest BCUT2D eigenvalue weighted by atomic mass is 35.5. The first-order valence-electron chi connectivity index (χ1n) is 7.56. The van der Waals surface area contributed by atoms with Gasteiger partial charge in [0.05, 0.1) is 15.6 Å². The number of fused-ring (bicyclic) bond motifs is 1. The Labute approximate surface area is 165 Å². The van der Waals surface area contributed by atoms with E-state index in [1.54, 1.807) is 25.1 Å². The highest BCUT2D eigenvalue weighted by molar-refractivity contribution is 7.89. The third-order valence-electron chi connectivity index (χ3n) is 3.78. The lowest BCUT2D eigenvalue weighted by Gasteiger charge is -2.20. The van der Waals surface area contributed by atoms with Gasteiger partial charge in [0.25, 0.3) is 15.9 Å². The second-order valence-electron chi connectivity index (χ2n) is 5.59. The van der Waals surface area contributed by atoms with E-state index in [1.165, 1.54) is 24.3 Å². The number of hydrogen-bond acceptors (Lipinski definition) is 5. The zero-order valence-electron chi connectivity index (χ0n) is 13.8. The summed E-state index contributed by atoms with van der Waals surface area (Å²) in [4.78, 5) is 12.2. The van der Waals surface area contributed by atoms with E-state index in [-0.39, 0.29) is 10.5 Å². The van der Waals surface area contributed by atoms with Crippen LogP contribution >= 0.6 is 23.2 Å². The van der Waals surface area contributed by atoms with Gasteiger partial charge in [-0.15, -0.1) is 0 Å². The molecular weight excluding hydrogens is 413 g/mol. The van der Waals surface area contributed by atoms with Crippen LogP contribution in [-0.4, -0.2) is 25.1 Å². The number of amides is 1. The predicted octanol–water partition coefficient (Wildman–Crippen LogP) is 3.05. The molecule has 2 aromatic rings. The van der Waals surface area contributed by atoms with Gasteiger partial charge in [-0.2, -0.15) is 5.10 Å². The first kappa shape index (κ1) is 19.2. The number of sulfonamides is 1. The maximum Gasteiger partial charge on any atom is 0.292 e. The summed E-state index contributed by atoms with van der Waals surface area (Å²) < 4.78 is 26.6. The Balaban J connectivity index is 1.90. The Morgan fingerprint density at radius 3 is 2.59 bits per heavy atom. The summed E-state index contributed by atoms with van der Waals surface area (Å²) in [6.07, 6.45) is 0. The van der Waals surface area contributed by atoms with Crippen LogP contribution in [0.2, 0.25) is 10.0 Å². The molecule has 0 atom stereocenters. The summed E-state index contributed by atoms with van der Waals surface area (Å²) in [5.74, 6) is -1.41. The van der Waals surface area contributed by atoms with Crippen LogP contribution in [0.1, 0.15) is 18.1 Å². The number of nitrogens with one attached hydrogen (secondary N) is 2. The molecule has 140 valence electrons. The predicted molar refractivity (Wildman–Crippen MR) is 103 cm³/mol. The van der Waals surface area contributed by atoms with Crippen molar-refractivity contribution in [2.24, 2.45) is 5.10 Å². The molecule has 10 heteroatoms. The minimum atomic E-state index is -3.98. The van der Waals surface area contributed by atoms with Crippen LogP contribution in [0.15, 0.2) is 58.2 Å². The second kappa shape index (κ2) is 7.22. The van der Waals surface area contributed by atoms with E-state index in [0.29, 0.717) is 21.3 Å². The molecule has 0 saturated carbocycles. The molecule has 27 heavy (non-hydrogen) atoms. The zero-order chi connectivity index (χ0) is 19.8. The van der Waals surface area contributed by atoms with Gasteiger partial charge in [0, 0.05) is 16.1 Å². The number of hydrogen-bond donors (Lipinski definition) is 3. The molecule has 0 fully saturated rings. The lowest BCUT2D eigenvalue weighted by atomic mass is 10.1. The smallest absolute Gasteiger partial charge is 0.292 e. The van der Waals surface area contributed by atoms with E-state index >= 15 is 0 Å². The summed E-state index contributed by atoms with van der Waals surface area (Å²) >= 11 is 11.9. The molecular formula is C17H13Cl2N3O4S. The van der Waals surface area contributed by atoms with Crippen LogP contribution in [0.5, 0.6) is 0 Å². The number of benzene rings is 2. The summed E-state index contributed by atoms with van der Waals surface area (Å²) in [6.45, 7) is 1.60. The quantitative estimate of drug-likeness (QED) is 0.518. The lowest BCUT2D eigenvalue weighted by Crippen LogP contribution is -2.37. The first-order chi connectivity index (χ1) is 12.7. The van der Waals surface area contributed by atoms with Gasteiger partial charge in [-0.05, 0) is 31.2 Å². The van der Waals surface area contributed by atoms with Crippen molar-refractivity contribution in [2.45, 2.75) is 11.8 Å². The Morgan fingerprint density at radius 1 is 1.19 bits per heavy atom. The third-order valence-corrected chi connectivity index (χ3v) is 5.73. The van der Waals surface area contributed by atoms with E-state index in [9.17, 15) is 18.3 Å². The summed E-state index contributed by atoms with van der Waals surface area (Å²) in [5.41, 5.74) is 2.61. The van der Waals surface area contributed by atoms with Gasteiger partial charge < -0.3 is 5.11 Å². The monoisotopic (exact) mass is 425 g/mol. The Bertz CT molecular complexity index is 1110. The number of hydrazone groups is 1. The van der Waals surface area contributed by atoms with Crippen molar-refractivity contribution >= 4 is 50.6 Å². The lowest BCUT2D eigenvalue weighted by molar-refractivity contribution is -0.117. The van der Waals surface area contributed by atoms with Crippen molar-refractivity contribution in [3.8, 4) is 0 Å². The third kappa shape index (κ3) is 3.78. The van der Waals surface area contributed by atoms with Crippen molar-refractivity contribution < 1.29 is 18.3 Å². The average Bonchev–Trinajstić information content (AvgIpc) is 2.62. The van der Waals surface area contributed by atoms with Gasteiger partial charge >= 0.3 is 0 Å². The van der Waals surface area contributed by atoms with Crippen LogP contribution in [0.3, 0.4) is 0 Å². The molecule has 7 nitrogen and oxygen atoms in total. The molecule has 0 unspecified atom stereocenters. The zero-order valence-corrected chi connectivity index (χ0v) is 16.2. The van der Waals surface area contributed by atoms with Gasteiger partial charge in [0.15, 0.2) is 11.5 Å². The van der Waals surface area contributed by atoms with Crippen LogP contribution in [0.25, 0.3) is 5.76 Å². The van der Waals surface area contributed by atoms with Gasteiger partial charge in [-0.1, -0.05) is 41.4 Å². The summed E-state index contributed by atoms with van der Waals surface area (Å²) in [6, 6.07) is 10.6. The van der Waals surface area contributed by atoms with E-state index < -0.39 is 27.4 Å². The van der Waals surface area contributed by atoms with Crippen LogP contribution in [0.4, 0.5) is 0 Å². The van der Waals surface area contributed by atoms with E-state index in [1.807, 2.05) is 0 Å². The molecule has 0 aliphatic carbocycles. The number of carbonyl (C=O) groups is 1. The number of aliphatic hydroxyl groups is 1.